The number of hydrogen-bond acceptors (Lipinski definition) is 3. The molecule has 0 aliphatic carbocycles. The Morgan fingerprint density at radius 3 is 2.62 bits per heavy atom. The summed E-state index contributed by atoms with van der Waals surface area (Å²) in [4.78, 5) is 1.43. The third-order valence-corrected chi connectivity index (χ3v) is 3.58. The second-order valence-electron chi connectivity index (χ2n) is 4.42. The minimum Gasteiger partial charge on any atom is -0.366 e. The first kappa shape index (κ1) is 16.4. The number of methoxy groups -OCH3 is 1. The topological polar surface area (TPSA) is 24.5 Å². The van der Waals surface area contributed by atoms with E-state index in [1.54, 1.807) is 12.1 Å². The summed E-state index contributed by atoms with van der Waals surface area (Å²) in [6, 6.07) is 4.64. The van der Waals surface area contributed by atoms with Gasteiger partial charge in [0.1, 0.15) is 0 Å². The molecule has 21 heavy (non-hydrogen) atoms. The number of nitrogens with zero attached hydrogens (tertiary/aromatic N) is 1. The van der Waals surface area contributed by atoms with Crippen molar-refractivity contribution in [1.82, 2.24) is 5.32 Å². The lowest BCUT2D eigenvalue weighted by atomic mass is 10.1. The minimum atomic E-state index is -4.50. The molecule has 0 bridgehead atoms. The maximum atomic E-state index is 13.1. The van der Waals surface area contributed by atoms with Gasteiger partial charge in [0.25, 0.3) is 0 Å². The standard InChI is InChI=1S/C13H13Cl2F3N2O/c1-21-12(13(16,17)18)11-4-5-19-7-20(11)10-3-2-8(14)6-9(10)15/h2-4,6,12,19H,5,7H2,1H3. The molecule has 0 aromatic heterocycles. The van der Waals surface area contributed by atoms with Crippen LogP contribution in [0, 0.1) is 0 Å². The maximum absolute atomic E-state index is 13.1. The van der Waals surface area contributed by atoms with Crippen LogP contribution in [-0.2, 0) is 4.74 Å². The van der Waals surface area contributed by atoms with Crippen molar-refractivity contribution in [3.8, 4) is 0 Å². The summed E-state index contributed by atoms with van der Waals surface area (Å²) in [5.41, 5.74) is 0.443. The molecule has 0 amide bonds. The second kappa shape index (κ2) is 6.44. The Labute approximate surface area is 130 Å². The largest absolute Gasteiger partial charge is 0.420 e. The Balaban J connectivity index is 2.41. The molecule has 1 atom stereocenters. The van der Waals surface area contributed by atoms with Gasteiger partial charge in [-0.3, -0.25) is 5.32 Å². The van der Waals surface area contributed by atoms with Gasteiger partial charge in [0, 0.05) is 18.7 Å². The quantitative estimate of drug-likeness (QED) is 0.905. The van der Waals surface area contributed by atoms with Crippen molar-refractivity contribution in [2.24, 2.45) is 0 Å². The van der Waals surface area contributed by atoms with E-state index < -0.39 is 12.3 Å². The number of anilines is 1. The lowest BCUT2D eigenvalue weighted by Gasteiger charge is -2.36. The highest BCUT2D eigenvalue weighted by atomic mass is 35.5. The number of benzene rings is 1. The van der Waals surface area contributed by atoms with Gasteiger partial charge in [0.2, 0.25) is 0 Å². The number of alkyl halides is 3. The monoisotopic (exact) mass is 340 g/mol. The van der Waals surface area contributed by atoms with Crippen LogP contribution >= 0.6 is 23.2 Å². The number of hydrogen-bond donors (Lipinski definition) is 1. The molecular weight excluding hydrogens is 328 g/mol. The number of nitrogens with one attached hydrogen (secondary N) is 1. The van der Waals surface area contributed by atoms with E-state index in [1.807, 2.05) is 0 Å². The number of halogens is 5. The highest BCUT2D eigenvalue weighted by Crippen LogP contribution is 2.36. The first-order valence-electron chi connectivity index (χ1n) is 6.07. The van der Waals surface area contributed by atoms with Gasteiger partial charge >= 0.3 is 6.18 Å². The van der Waals surface area contributed by atoms with Crippen LogP contribution in [-0.4, -0.2) is 32.6 Å². The molecule has 3 nitrogen and oxygen atoms in total. The van der Waals surface area contributed by atoms with Crippen molar-refractivity contribution >= 4 is 28.9 Å². The van der Waals surface area contributed by atoms with E-state index in [0.717, 1.165) is 7.11 Å². The third kappa shape index (κ3) is 3.63. The van der Waals surface area contributed by atoms with E-state index in [-0.39, 0.29) is 17.4 Å². The summed E-state index contributed by atoms with van der Waals surface area (Å²) in [6.45, 7) is 0.524. The molecular formula is C13H13Cl2F3N2O. The van der Waals surface area contributed by atoms with Crippen molar-refractivity contribution < 1.29 is 17.9 Å². The van der Waals surface area contributed by atoms with Gasteiger partial charge in [0.15, 0.2) is 6.10 Å². The molecule has 0 radical (unpaired) electrons. The molecule has 116 valence electrons. The zero-order valence-corrected chi connectivity index (χ0v) is 12.6. The maximum Gasteiger partial charge on any atom is 0.420 e. The number of rotatable bonds is 3. The molecule has 1 aromatic carbocycles. The molecule has 1 heterocycles. The summed E-state index contributed by atoms with van der Waals surface area (Å²) in [6.07, 6.45) is -5.07. The van der Waals surface area contributed by atoms with E-state index >= 15 is 0 Å². The van der Waals surface area contributed by atoms with Crippen LogP contribution < -0.4 is 10.2 Å². The molecule has 0 saturated heterocycles. The van der Waals surface area contributed by atoms with Gasteiger partial charge in [-0.1, -0.05) is 23.2 Å². The van der Waals surface area contributed by atoms with Crippen LogP contribution in [0.2, 0.25) is 10.0 Å². The third-order valence-electron chi connectivity index (χ3n) is 3.04. The molecule has 2 rings (SSSR count). The Kier molecular flexibility index (Phi) is 5.03. The van der Waals surface area contributed by atoms with E-state index in [2.05, 4.69) is 10.1 Å². The van der Waals surface area contributed by atoms with Crippen LogP contribution in [0.3, 0.4) is 0 Å². The predicted molar refractivity (Wildman–Crippen MR) is 76.7 cm³/mol. The Hall–Kier alpha value is -0.950. The minimum absolute atomic E-state index is 0.00738. The fourth-order valence-corrected chi connectivity index (χ4v) is 2.66. The number of ether oxygens (including phenoxy) is 1. The molecule has 0 spiro atoms. The molecule has 1 aliphatic rings. The highest BCUT2D eigenvalue weighted by Gasteiger charge is 2.45. The summed E-state index contributed by atoms with van der Waals surface area (Å²) in [7, 11) is 1.03. The van der Waals surface area contributed by atoms with Crippen LogP contribution in [0.15, 0.2) is 30.0 Å². The summed E-state index contributed by atoms with van der Waals surface area (Å²) < 4.78 is 43.9. The van der Waals surface area contributed by atoms with Gasteiger partial charge in [-0.25, -0.2) is 0 Å². The Morgan fingerprint density at radius 2 is 2.05 bits per heavy atom. The molecule has 0 fully saturated rings. The Bertz CT molecular complexity index is 549. The molecule has 1 aromatic rings. The van der Waals surface area contributed by atoms with E-state index in [9.17, 15) is 13.2 Å². The summed E-state index contributed by atoms with van der Waals surface area (Å²) in [5, 5.41) is 3.66. The SMILES string of the molecule is COC(C1=CCNCN1c1ccc(Cl)cc1Cl)C(F)(F)F. The van der Waals surface area contributed by atoms with Crippen LogP contribution in [0.25, 0.3) is 0 Å². The van der Waals surface area contributed by atoms with Gasteiger partial charge in [0.05, 0.1) is 23.1 Å². The van der Waals surface area contributed by atoms with Crippen molar-refractivity contribution in [2.45, 2.75) is 12.3 Å². The zero-order valence-electron chi connectivity index (χ0n) is 11.0. The predicted octanol–water partition coefficient (Wildman–Crippen LogP) is 3.82. The molecule has 1 unspecified atom stereocenters. The zero-order chi connectivity index (χ0) is 15.6. The Morgan fingerprint density at radius 1 is 1.33 bits per heavy atom. The van der Waals surface area contributed by atoms with Crippen molar-refractivity contribution in [1.29, 1.82) is 0 Å². The van der Waals surface area contributed by atoms with Crippen molar-refractivity contribution in [3.05, 3.63) is 40.0 Å². The van der Waals surface area contributed by atoms with Crippen LogP contribution in [0.1, 0.15) is 0 Å². The first-order valence-corrected chi connectivity index (χ1v) is 6.83. The van der Waals surface area contributed by atoms with Gasteiger partial charge in [-0.05, 0) is 24.3 Å². The highest BCUT2D eigenvalue weighted by molar-refractivity contribution is 6.36. The molecule has 1 aliphatic heterocycles. The molecule has 0 saturated carbocycles. The van der Waals surface area contributed by atoms with Crippen LogP contribution in [0.4, 0.5) is 18.9 Å². The van der Waals surface area contributed by atoms with Gasteiger partial charge < -0.3 is 9.64 Å². The average molecular weight is 341 g/mol. The van der Waals surface area contributed by atoms with E-state index in [4.69, 9.17) is 23.2 Å². The molecule has 8 heteroatoms. The first-order chi connectivity index (χ1) is 9.84. The fraction of sp³-hybridized carbons (Fsp3) is 0.385. The van der Waals surface area contributed by atoms with Gasteiger partial charge in [-0.2, -0.15) is 13.2 Å². The summed E-state index contributed by atoms with van der Waals surface area (Å²) in [5.74, 6) is 0. The lowest BCUT2D eigenvalue weighted by molar-refractivity contribution is -0.200. The average Bonchev–Trinajstić information content (AvgIpc) is 2.39. The van der Waals surface area contributed by atoms with E-state index in [0.29, 0.717) is 17.3 Å². The van der Waals surface area contributed by atoms with E-state index in [1.165, 1.54) is 17.0 Å². The summed E-state index contributed by atoms with van der Waals surface area (Å²) >= 11 is 11.9. The van der Waals surface area contributed by atoms with Crippen molar-refractivity contribution in [3.63, 3.8) is 0 Å². The lowest BCUT2D eigenvalue weighted by Crippen LogP contribution is -2.47. The normalized spacial score (nSPS) is 17.6. The molecule has 1 N–H and O–H groups in total. The van der Waals surface area contributed by atoms with Gasteiger partial charge in [-0.15, -0.1) is 0 Å². The second-order valence-corrected chi connectivity index (χ2v) is 5.27. The smallest absolute Gasteiger partial charge is 0.366 e. The van der Waals surface area contributed by atoms with Crippen LogP contribution in [0.5, 0.6) is 0 Å². The fourth-order valence-electron chi connectivity index (χ4n) is 2.15. The van der Waals surface area contributed by atoms with Crippen molar-refractivity contribution in [2.75, 3.05) is 25.2 Å².